The Labute approximate surface area is 144 Å². The van der Waals surface area contributed by atoms with Crippen LogP contribution in [0.1, 0.15) is 23.0 Å². The summed E-state index contributed by atoms with van der Waals surface area (Å²) in [5.74, 6) is -0.452. The van der Waals surface area contributed by atoms with Gasteiger partial charge in [-0.2, -0.15) is 0 Å². The second-order valence-corrected chi connectivity index (χ2v) is 5.79. The summed E-state index contributed by atoms with van der Waals surface area (Å²) < 4.78 is 7.09. The number of rotatable bonds is 3. The zero-order chi connectivity index (χ0) is 17.3. The molecule has 0 N–H and O–H groups in total. The molecule has 0 atom stereocenters. The Morgan fingerprint density at radius 3 is 2.58 bits per heavy atom. The molecule has 24 heavy (non-hydrogen) atoms. The largest absolute Gasteiger partial charge is 0.462 e. The number of aromatic nitrogens is 1. The van der Waals surface area contributed by atoms with E-state index in [4.69, 9.17) is 16.3 Å². The SMILES string of the molecule is CCOC(=O)c1c2cc(=O)c(Cl)cc-2cn(-c2ccccc2)c1C. The fourth-order valence-electron chi connectivity index (χ4n) is 2.76. The number of carbonyl (C=O) groups excluding carboxylic acids is 1. The highest BCUT2D eigenvalue weighted by molar-refractivity contribution is 6.31. The van der Waals surface area contributed by atoms with E-state index in [9.17, 15) is 9.59 Å². The lowest BCUT2D eigenvalue weighted by Gasteiger charge is -2.20. The van der Waals surface area contributed by atoms with Crippen molar-refractivity contribution < 1.29 is 9.53 Å². The number of ether oxygens (including phenoxy) is 1. The van der Waals surface area contributed by atoms with E-state index in [2.05, 4.69) is 0 Å². The van der Waals surface area contributed by atoms with Gasteiger partial charge in [0.1, 0.15) is 0 Å². The molecule has 0 saturated carbocycles. The lowest BCUT2D eigenvalue weighted by atomic mass is 9.97. The molecule has 1 aliphatic carbocycles. The summed E-state index contributed by atoms with van der Waals surface area (Å²) in [5.41, 5.74) is 2.93. The summed E-state index contributed by atoms with van der Waals surface area (Å²) in [6, 6.07) is 12.6. The number of pyridine rings is 1. The van der Waals surface area contributed by atoms with Crippen LogP contribution in [0.4, 0.5) is 0 Å². The molecule has 3 rings (SSSR count). The number of esters is 1. The molecule has 1 aromatic carbocycles. The number of hydrogen-bond acceptors (Lipinski definition) is 3. The van der Waals surface area contributed by atoms with Gasteiger partial charge in [0, 0.05) is 28.7 Å². The minimum Gasteiger partial charge on any atom is -0.462 e. The van der Waals surface area contributed by atoms with E-state index in [0.29, 0.717) is 22.4 Å². The maximum atomic E-state index is 12.5. The zero-order valence-electron chi connectivity index (χ0n) is 13.4. The first kappa shape index (κ1) is 16.3. The smallest absolute Gasteiger partial charge is 0.340 e. The molecule has 0 saturated heterocycles. The Bertz CT molecular complexity index is 931. The van der Waals surface area contributed by atoms with Crippen molar-refractivity contribution in [2.24, 2.45) is 0 Å². The van der Waals surface area contributed by atoms with Crippen LogP contribution in [-0.2, 0) is 4.74 Å². The van der Waals surface area contributed by atoms with Crippen LogP contribution in [0, 0.1) is 6.92 Å². The summed E-state index contributed by atoms with van der Waals surface area (Å²) in [4.78, 5) is 24.4. The van der Waals surface area contributed by atoms with Crippen molar-refractivity contribution in [2.75, 3.05) is 6.61 Å². The van der Waals surface area contributed by atoms with E-state index in [0.717, 1.165) is 5.69 Å². The predicted octanol–water partition coefficient (Wildman–Crippen LogP) is 4.08. The van der Waals surface area contributed by atoms with Crippen LogP contribution < -0.4 is 5.43 Å². The van der Waals surface area contributed by atoms with Gasteiger partial charge in [0.25, 0.3) is 0 Å². The van der Waals surface area contributed by atoms with Crippen LogP contribution in [0.3, 0.4) is 0 Å². The Morgan fingerprint density at radius 2 is 1.92 bits per heavy atom. The van der Waals surface area contributed by atoms with Crippen LogP contribution in [-0.4, -0.2) is 17.1 Å². The lowest BCUT2D eigenvalue weighted by molar-refractivity contribution is 0.0525. The molecule has 4 nitrogen and oxygen atoms in total. The Hall–Kier alpha value is -2.59. The first-order valence-corrected chi connectivity index (χ1v) is 7.98. The average molecular weight is 342 g/mol. The molecule has 2 aliphatic rings. The maximum Gasteiger partial charge on any atom is 0.340 e. The minimum atomic E-state index is -0.452. The zero-order valence-corrected chi connectivity index (χ0v) is 14.1. The van der Waals surface area contributed by atoms with Crippen molar-refractivity contribution in [3.05, 3.63) is 75.2 Å². The van der Waals surface area contributed by atoms with Crippen LogP contribution in [0.5, 0.6) is 0 Å². The van der Waals surface area contributed by atoms with E-state index >= 15 is 0 Å². The van der Waals surface area contributed by atoms with Gasteiger partial charge >= 0.3 is 5.97 Å². The summed E-state index contributed by atoms with van der Waals surface area (Å²) in [7, 11) is 0. The molecule has 0 fully saturated rings. The van der Waals surface area contributed by atoms with Crippen LogP contribution in [0.2, 0.25) is 5.02 Å². The summed E-state index contributed by atoms with van der Waals surface area (Å²) in [5, 5.41) is 0.126. The molecular formula is C19H16ClNO3. The highest BCUT2D eigenvalue weighted by Gasteiger charge is 2.22. The molecule has 1 heterocycles. The number of carbonyl (C=O) groups is 1. The third-order valence-electron chi connectivity index (χ3n) is 3.88. The highest BCUT2D eigenvalue weighted by atomic mass is 35.5. The molecule has 0 amide bonds. The number of para-hydroxylation sites is 1. The van der Waals surface area contributed by atoms with Crippen molar-refractivity contribution in [3.8, 4) is 16.8 Å². The minimum absolute atomic E-state index is 0.126. The molecule has 1 aliphatic heterocycles. The van der Waals surface area contributed by atoms with Gasteiger partial charge in [-0.05, 0) is 38.1 Å². The van der Waals surface area contributed by atoms with Crippen molar-refractivity contribution in [2.45, 2.75) is 13.8 Å². The van der Waals surface area contributed by atoms with Gasteiger partial charge in [-0.1, -0.05) is 29.8 Å². The third-order valence-corrected chi connectivity index (χ3v) is 4.17. The second-order valence-electron chi connectivity index (χ2n) is 5.39. The normalized spacial score (nSPS) is 10.8. The number of fused-ring (bicyclic) bond motifs is 1. The molecular weight excluding hydrogens is 326 g/mol. The number of nitrogens with zero attached hydrogens (tertiary/aromatic N) is 1. The highest BCUT2D eigenvalue weighted by Crippen LogP contribution is 2.31. The molecule has 0 aromatic heterocycles. The molecule has 1 aromatic rings. The fraction of sp³-hybridized carbons (Fsp3) is 0.158. The van der Waals surface area contributed by atoms with Gasteiger partial charge in [-0.15, -0.1) is 0 Å². The fourth-order valence-corrected chi connectivity index (χ4v) is 2.93. The van der Waals surface area contributed by atoms with Gasteiger partial charge in [-0.3, -0.25) is 4.79 Å². The monoisotopic (exact) mass is 341 g/mol. The van der Waals surface area contributed by atoms with Gasteiger partial charge in [0.05, 0.1) is 17.2 Å². The molecule has 5 heteroatoms. The maximum absolute atomic E-state index is 12.5. The van der Waals surface area contributed by atoms with Crippen molar-refractivity contribution in [1.29, 1.82) is 0 Å². The van der Waals surface area contributed by atoms with E-state index in [-0.39, 0.29) is 17.1 Å². The van der Waals surface area contributed by atoms with Gasteiger partial charge in [0.15, 0.2) is 5.43 Å². The van der Waals surface area contributed by atoms with E-state index in [1.807, 2.05) is 48.0 Å². The Kier molecular flexibility index (Phi) is 4.40. The van der Waals surface area contributed by atoms with Gasteiger partial charge < -0.3 is 9.30 Å². The molecule has 0 unspecified atom stereocenters. The topological polar surface area (TPSA) is 48.3 Å². The number of benzene rings is 2. The summed E-state index contributed by atoms with van der Waals surface area (Å²) >= 11 is 5.98. The summed E-state index contributed by atoms with van der Waals surface area (Å²) in [6.45, 7) is 3.84. The summed E-state index contributed by atoms with van der Waals surface area (Å²) in [6.07, 6.45) is 1.87. The third kappa shape index (κ3) is 2.81. The first-order chi connectivity index (χ1) is 11.5. The van der Waals surface area contributed by atoms with E-state index in [1.165, 1.54) is 6.07 Å². The quantitative estimate of drug-likeness (QED) is 0.674. The van der Waals surface area contributed by atoms with Crippen LogP contribution >= 0.6 is 11.6 Å². The molecule has 122 valence electrons. The van der Waals surface area contributed by atoms with Crippen molar-refractivity contribution in [3.63, 3.8) is 0 Å². The van der Waals surface area contributed by atoms with Crippen molar-refractivity contribution >= 4 is 17.6 Å². The Morgan fingerprint density at radius 1 is 1.21 bits per heavy atom. The van der Waals surface area contributed by atoms with E-state index < -0.39 is 5.97 Å². The van der Waals surface area contributed by atoms with Crippen LogP contribution in [0.25, 0.3) is 16.8 Å². The van der Waals surface area contributed by atoms with E-state index in [1.54, 1.807) is 13.0 Å². The molecule has 0 bridgehead atoms. The number of hydrogen-bond donors (Lipinski definition) is 0. The average Bonchev–Trinajstić information content (AvgIpc) is 2.57. The molecule has 0 radical (unpaired) electrons. The van der Waals surface area contributed by atoms with Crippen LogP contribution in [0.15, 0.2) is 53.5 Å². The van der Waals surface area contributed by atoms with Crippen molar-refractivity contribution in [1.82, 2.24) is 4.57 Å². The standard InChI is InChI=1S/C19H16ClNO3/c1-3-24-19(23)18-12(2)21(14-7-5-4-6-8-14)11-13-9-16(20)17(22)10-15(13)18/h4-11H,3H2,1-2H3. The molecule has 0 spiro atoms. The van der Waals surface area contributed by atoms with Gasteiger partial charge in [-0.25, -0.2) is 4.79 Å². The second kappa shape index (κ2) is 6.49. The van der Waals surface area contributed by atoms with Gasteiger partial charge in [0.2, 0.25) is 0 Å². The number of halogens is 1. The first-order valence-electron chi connectivity index (χ1n) is 7.61. The Balaban J connectivity index is 2.37. The lowest BCUT2D eigenvalue weighted by Crippen LogP contribution is -2.16. The predicted molar refractivity (Wildman–Crippen MR) is 94.4 cm³/mol.